The summed E-state index contributed by atoms with van der Waals surface area (Å²) in [5.41, 5.74) is 2.50. The molecule has 1 aromatic carbocycles. The Hall–Kier alpha value is -1.02. The molecule has 2 heteroatoms. The largest absolute Gasteiger partial charge is 0.365 e. The average Bonchev–Trinajstić information content (AvgIpc) is 2.15. The molecular formula is C11H17NO. The predicted octanol–water partition coefficient (Wildman–Crippen LogP) is 2.83. The second kappa shape index (κ2) is 4.87. The Bertz CT molecular complexity index is 258. The van der Waals surface area contributed by atoms with Crippen molar-refractivity contribution >= 4 is 5.69 Å². The van der Waals surface area contributed by atoms with Gasteiger partial charge in [-0.25, -0.2) is 0 Å². The van der Waals surface area contributed by atoms with Gasteiger partial charge in [-0.15, -0.1) is 0 Å². The molecule has 0 atom stereocenters. The van der Waals surface area contributed by atoms with E-state index in [2.05, 4.69) is 37.4 Å². The molecule has 1 rings (SSSR count). The molecule has 72 valence electrons. The lowest BCUT2D eigenvalue weighted by Crippen LogP contribution is -2.05. The van der Waals surface area contributed by atoms with Crippen molar-refractivity contribution in [2.75, 3.05) is 19.2 Å². The molecule has 13 heavy (non-hydrogen) atoms. The van der Waals surface area contributed by atoms with Gasteiger partial charge in [0, 0.05) is 12.8 Å². The van der Waals surface area contributed by atoms with Gasteiger partial charge in [0.15, 0.2) is 0 Å². The normalized spacial score (nSPS) is 10.5. The number of nitrogens with one attached hydrogen (secondary N) is 1. The van der Waals surface area contributed by atoms with Crippen molar-refractivity contribution in [3.63, 3.8) is 0 Å². The molecule has 0 heterocycles. The summed E-state index contributed by atoms with van der Waals surface area (Å²) < 4.78 is 4.97. The number of hydrogen-bond acceptors (Lipinski definition) is 2. The fraction of sp³-hybridized carbons (Fsp3) is 0.455. The number of ether oxygens (including phenoxy) is 1. The highest BCUT2D eigenvalue weighted by Gasteiger charge is 2.03. The molecule has 0 bridgehead atoms. The monoisotopic (exact) mass is 179 g/mol. The van der Waals surface area contributed by atoms with Crippen LogP contribution in [0, 0.1) is 0 Å². The first-order valence-electron chi connectivity index (χ1n) is 4.57. The minimum absolute atomic E-state index is 0.542. The third kappa shape index (κ3) is 2.74. The maximum Gasteiger partial charge on any atom is 0.116 e. The van der Waals surface area contributed by atoms with Crippen LogP contribution in [0.25, 0.3) is 0 Å². The Morgan fingerprint density at radius 3 is 2.62 bits per heavy atom. The molecule has 1 N–H and O–H groups in total. The zero-order chi connectivity index (χ0) is 9.68. The van der Waals surface area contributed by atoms with Crippen LogP contribution in [0.15, 0.2) is 24.3 Å². The van der Waals surface area contributed by atoms with Crippen LogP contribution in [0.4, 0.5) is 5.69 Å². The van der Waals surface area contributed by atoms with E-state index >= 15 is 0 Å². The van der Waals surface area contributed by atoms with Crippen LogP contribution in [-0.4, -0.2) is 13.8 Å². The Morgan fingerprint density at radius 2 is 2.00 bits per heavy atom. The minimum Gasteiger partial charge on any atom is -0.365 e. The lowest BCUT2D eigenvalue weighted by atomic mass is 10.0. The number of benzene rings is 1. The predicted molar refractivity (Wildman–Crippen MR) is 56.0 cm³/mol. The van der Waals surface area contributed by atoms with Gasteiger partial charge in [-0.3, -0.25) is 0 Å². The molecule has 0 fully saturated rings. The molecule has 0 spiro atoms. The summed E-state index contributed by atoms with van der Waals surface area (Å²) in [7, 11) is 1.69. The quantitative estimate of drug-likeness (QED) is 0.718. The Morgan fingerprint density at radius 1 is 1.31 bits per heavy atom. The lowest BCUT2D eigenvalue weighted by Gasteiger charge is -2.13. The van der Waals surface area contributed by atoms with E-state index in [1.54, 1.807) is 7.11 Å². The van der Waals surface area contributed by atoms with Gasteiger partial charge in [0.25, 0.3) is 0 Å². The van der Waals surface area contributed by atoms with E-state index in [1.165, 1.54) is 11.3 Å². The van der Waals surface area contributed by atoms with Gasteiger partial charge in [-0.05, 0) is 17.5 Å². The van der Waals surface area contributed by atoms with Gasteiger partial charge in [-0.1, -0.05) is 32.0 Å². The molecule has 1 aromatic rings. The SMILES string of the molecule is COCNc1ccccc1C(C)C. The average molecular weight is 179 g/mol. The molecule has 0 aliphatic heterocycles. The highest BCUT2D eigenvalue weighted by atomic mass is 16.5. The van der Waals surface area contributed by atoms with Crippen molar-refractivity contribution in [3.8, 4) is 0 Å². The second-order valence-electron chi connectivity index (χ2n) is 3.35. The van der Waals surface area contributed by atoms with Gasteiger partial charge < -0.3 is 10.1 Å². The number of rotatable bonds is 4. The second-order valence-corrected chi connectivity index (χ2v) is 3.35. The van der Waals surface area contributed by atoms with Crippen molar-refractivity contribution in [3.05, 3.63) is 29.8 Å². The molecule has 0 amide bonds. The van der Waals surface area contributed by atoms with E-state index in [9.17, 15) is 0 Å². The van der Waals surface area contributed by atoms with E-state index in [4.69, 9.17) is 4.74 Å². The summed E-state index contributed by atoms with van der Waals surface area (Å²) in [4.78, 5) is 0. The molecule has 0 aromatic heterocycles. The summed E-state index contributed by atoms with van der Waals surface area (Å²) in [5.74, 6) is 0.542. The van der Waals surface area contributed by atoms with Crippen LogP contribution in [0.1, 0.15) is 25.3 Å². The number of methoxy groups -OCH3 is 1. The first-order valence-corrected chi connectivity index (χ1v) is 4.57. The van der Waals surface area contributed by atoms with Crippen LogP contribution in [0.2, 0.25) is 0 Å². The Labute approximate surface area is 79.9 Å². The van der Waals surface area contributed by atoms with Gasteiger partial charge in [0.2, 0.25) is 0 Å². The van der Waals surface area contributed by atoms with Crippen LogP contribution in [0.5, 0.6) is 0 Å². The van der Waals surface area contributed by atoms with E-state index in [1.807, 2.05) is 6.07 Å². The molecule has 0 radical (unpaired) electrons. The van der Waals surface area contributed by atoms with E-state index < -0.39 is 0 Å². The highest BCUT2D eigenvalue weighted by molar-refractivity contribution is 5.52. The Kier molecular flexibility index (Phi) is 3.77. The molecule has 0 unspecified atom stereocenters. The summed E-state index contributed by atoms with van der Waals surface area (Å²) in [6.07, 6.45) is 0. The topological polar surface area (TPSA) is 21.3 Å². The first-order chi connectivity index (χ1) is 6.25. The van der Waals surface area contributed by atoms with Crippen LogP contribution < -0.4 is 5.32 Å². The van der Waals surface area contributed by atoms with Gasteiger partial charge in [0.05, 0.1) is 0 Å². The van der Waals surface area contributed by atoms with Crippen molar-refractivity contribution in [2.45, 2.75) is 19.8 Å². The van der Waals surface area contributed by atoms with Crippen molar-refractivity contribution in [1.29, 1.82) is 0 Å². The van der Waals surface area contributed by atoms with Gasteiger partial charge in [0.1, 0.15) is 6.73 Å². The Balaban J connectivity index is 2.78. The fourth-order valence-electron chi connectivity index (χ4n) is 1.31. The molecule has 0 aliphatic rings. The minimum atomic E-state index is 0.542. The molecule has 0 saturated heterocycles. The summed E-state index contributed by atoms with van der Waals surface area (Å²) >= 11 is 0. The zero-order valence-electron chi connectivity index (χ0n) is 8.50. The summed E-state index contributed by atoms with van der Waals surface area (Å²) in [5, 5.41) is 3.22. The van der Waals surface area contributed by atoms with Gasteiger partial charge in [-0.2, -0.15) is 0 Å². The number of anilines is 1. The molecule has 0 aliphatic carbocycles. The standard InChI is InChI=1S/C11H17NO/c1-9(2)10-6-4-5-7-11(10)12-8-13-3/h4-7,9,12H,8H2,1-3H3. The maximum atomic E-state index is 4.97. The third-order valence-electron chi connectivity index (χ3n) is 1.99. The molecule has 0 saturated carbocycles. The first kappa shape index (κ1) is 10.1. The van der Waals surface area contributed by atoms with E-state index in [0.29, 0.717) is 12.6 Å². The highest BCUT2D eigenvalue weighted by Crippen LogP contribution is 2.23. The molecular weight excluding hydrogens is 162 g/mol. The summed E-state index contributed by atoms with van der Waals surface area (Å²) in [6.45, 7) is 4.93. The van der Waals surface area contributed by atoms with E-state index in [0.717, 1.165) is 0 Å². The molecule has 2 nitrogen and oxygen atoms in total. The van der Waals surface area contributed by atoms with Gasteiger partial charge >= 0.3 is 0 Å². The zero-order valence-corrected chi connectivity index (χ0v) is 8.50. The van der Waals surface area contributed by atoms with Crippen molar-refractivity contribution < 1.29 is 4.74 Å². The smallest absolute Gasteiger partial charge is 0.116 e. The van der Waals surface area contributed by atoms with E-state index in [-0.39, 0.29) is 0 Å². The van der Waals surface area contributed by atoms with Crippen LogP contribution >= 0.6 is 0 Å². The number of para-hydroxylation sites is 1. The lowest BCUT2D eigenvalue weighted by molar-refractivity contribution is 0.221. The van der Waals surface area contributed by atoms with Crippen molar-refractivity contribution in [1.82, 2.24) is 0 Å². The maximum absolute atomic E-state index is 4.97. The van der Waals surface area contributed by atoms with Crippen LogP contribution in [-0.2, 0) is 4.74 Å². The van der Waals surface area contributed by atoms with Crippen molar-refractivity contribution in [2.24, 2.45) is 0 Å². The summed E-state index contributed by atoms with van der Waals surface area (Å²) in [6, 6.07) is 8.31. The van der Waals surface area contributed by atoms with Crippen LogP contribution in [0.3, 0.4) is 0 Å². The third-order valence-corrected chi connectivity index (χ3v) is 1.99. The fourth-order valence-corrected chi connectivity index (χ4v) is 1.31. The number of hydrogen-bond donors (Lipinski definition) is 1.